The summed E-state index contributed by atoms with van der Waals surface area (Å²) in [6.45, 7) is 0. The fourth-order valence-electron chi connectivity index (χ4n) is 10.8. The first kappa shape index (κ1) is 39.6. The standard InChI is InChI=1S/C66H46N2/c1-3-16-45(17-4-1)51-23-15-24-54(43-51)67(65-41-40-57(59-26-11-12-27-60(59)65)52-31-30-46-18-7-8-22-50(46)42-52)53-35-32-49(33-36-53)63-44-55(37-39-56(63)47-19-5-2-6-20-47)68-64-29-14-13-28-61(64)62-38-34-48-21-9-10-25-58(48)66(62)68/h1-7,9-21,23-44H,8,22H2. The Morgan fingerprint density at radius 3 is 1.88 bits per heavy atom. The van der Waals surface area contributed by atoms with E-state index in [1.54, 1.807) is 0 Å². The smallest absolute Gasteiger partial charge is 0.0619 e. The summed E-state index contributed by atoms with van der Waals surface area (Å²) >= 11 is 0. The second-order valence-electron chi connectivity index (χ2n) is 18.0. The molecule has 0 spiro atoms. The van der Waals surface area contributed by atoms with Crippen LogP contribution in [0.1, 0.15) is 17.5 Å². The Morgan fingerprint density at radius 1 is 0.368 bits per heavy atom. The molecule has 0 bridgehead atoms. The van der Waals surface area contributed by atoms with Crippen LogP contribution in [-0.4, -0.2) is 4.57 Å². The third kappa shape index (κ3) is 6.81. The molecule has 1 aromatic heterocycles. The van der Waals surface area contributed by atoms with Crippen molar-refractivity contribution in [1.82, 2.24) is 4.57 Å². The molecule has 11 aromatic carbocycles. The van der Waals surface area contributed by atoms with Gasteiger partial charge in [0.2, 0.25) is 0 Å². The SMILES string of the molecule is C1=Cc2ccc(-c3ccc(N(c4ccc(-c5cc(-n6c7ccccc7c7ccc8ccccc8c76)ccc5-c5ccccc5)cc4)c4cccc(-c5ccccc5)c4)c4ccccc34)cc2CC1. The molecule has 0 radical (unpaired) electrons. The van der Waals surface area contributed by atoms with E-state index in [-0.39, 0.29) is 0 Å². The average Bonchev–Trinajstić information content (AvgIpc) is 3.76. The van der Waals surface area contributed by atoms with Gasteiger partial charge < -0.3 is 9.47 Å². The molecule has 1 heterocycles. The van der Waals surface area contributed by atoms with Crippen molar-refractivity contribution in [3.63, 3.8) is 0 Å². The number of nitrogens with zero attached hydrogens (tertiary/aromatic N) is 2. The summed E-state index contributed by atoms with van der Waals surface area (Å²) in [5.41, 5.74) is 19.2. The quantitative estimate of drug-likeness (QED) is 0.148. The van der Waals surface area contributed by atoms with Crippen LogP contribution in [0.2, 0.25) is 0 Å². The number of benzene rings is 11. The monoisotopic (exact) mass is 866 g/mol. The van der Waals surface area contributed by atoms with Crippen molar-refractivity contribution in [3.8, 4) is 50.2 Å². The number of aryl methyl sites for hydroxylation is 1. The van der Waals surface area contributed by atoms with Crippen LogP contribution in [0.15, 0.2) is 249 Å². The summed E-state index contributed by atoms with van der Waals surface area (Å²) in [6.07, 6.45) is 6.71. The van der Waals surface area contributed by atoms with Gasteiger partial charge in [-0.25, -0.2) is 0 Å². The van der Waals surface area contributed by atoms with E-state index in [4.69, 9.17) is 0 Å². The van der Waals surface area contributed by atoms with Gasteiger partial charge in [0.15, 0.2) is 0 Å². The molecular formula is C66H46N2. The second-order valence-corrected chi connectivity index (χ2v) is 18.0. The molecule has 320 valence electrons. The molecule has 0 saturated heterocycles. The maximum absolute atomic E-state index is 2.47. The van der Waals surface area contributed by atoms with Gasteiger partial charge in [-0.3, -0.25) is 0 Å². The van der Waals surface area contributed by atoms with E-state index >= 15 is 0 Å². The first-order valence-electron chi connectivity index (χ1n) is 23.7. The zero-order valence-electron chi connectivity index (χ0n) is 37.6. The van der Waals surface area contributed by atoms with Crippen LogP contribution in [0.5, 0.6) is 0 Å². The molecule has 12 aromatic rings. The highest BCUT2D eigenvalue weighted by atomic mass is 15.1. The van der Waals surface area contributed by atoms with Crippen LogP contribution < -0.4 is 4.90 Å². The van der Waals surface area contributed by atoms with Crippen LogP contribution in [0.4, 0.5) is 17.1 Å². The van der Waals surface area contributed by atoms with E-state index in [0.29, 0.717) is 0 Å². The van der Waals surface area contributed by atoms with Crippen molar-refractivity contribution in [3.05, 3.63) is 260 Å². The fraction of sp³-hybridized carbons (Fsp3) is 0.0303. The van der Waals surface area contributed by atoms with Crippen LogP contribution in [-0.2, 0) is 6.42 Å². The van der Waals surface area contributed by atoms with Crippen LogP contribution >= 0.6 is 0 Å². The molecule has 0 saturated carbocycles. The molecule has 13 rings (SSSR count). The van der Waals surface area contributed by atoms with Gasteiger partial charge in [0.25, 0.3) is 0 Å². The molecule has 1 aliphatic carbocycles. The summed E-state index contributed by atoms with van der Waals surface area (Å²) in [7, 11) is 0. The highest BCUT2D eigenvalue weighted by Gasteiger charge is 2.21. The van der Waals surface area contributed by atoms with E-state index in [2.05, 4.69) is 264 Å². The number of fused-ring (bicyclic) bond motifs is 7. The Morgan fingerprint density at radius 2 is 1.04 bits per heavy atom. The van der Waals surface area contributed by atoms with Gasteiger partial charge in [-0.15, -0.1) is 0 Å². The number of hydrogen-bond acceptors (Lipinski definition) is 1. The molecular weight excluding hydrogens is 821 g/mol. The van der Waals surface area contributed by atoms with Crippen LogP contribution in [0.3, 0.4) is 0 Å². The van der Waals surface area contributed by atoms with E-state index in [9.17, 15) is 0 Å². The molecule has 2 heteroatoms. The van der Waals surface area contributed by atoms with Gasteiger partial charge in [-0.1, -0.05) is 206 Å². The van der Waals surface area contributed by atoms with Gasteiger partial charge in [0, 0.05) is 38.6 Å². The number of anilines is 3. The lowest BCUT2D eigenvalue weighted by atomic mass is 9.91. The lowest BCUT2D eigenvalue weighted by molar-refractivity contribution is 0.986. The number of hydrogen-bond donors (Lipinski definition) is 0. The predicted octanol–water partition coefficient (Wildman–Crippen LogP) is 18.2. The minimum Gasteiger partial charge on any atom is -0.310 e. The zero-order valence-corrected chi connectivity index (χ0v) is 37.6. The van der Waals surface area contributed by atoms with E-state index in [1.807, 2.05) is 0 Å². The predicted molar refractivity (Wildman–Crippen MR) is 290 cm³/mol. The Bertz CT molecular complexity index is 3900. The topological polar surface area (TPSA) is 8.17 Å². The van der Waals surface area contributed by atoms with Crippen molar-refractivity contribution >= 4 is 66.5 Å². The summed E-state index contributed by atoms with van der Waals surface area (Å²) < 4.78 is 2.47. The normalized spacial score (nSPS) is 12.2. The van der Waals surface area contributed by atoms with Crippen LogP contribution in [0, 0.1) is 0 Å². The van der Waals surface area contributed by atoms with Crippen molar-refractivity contribution in [2.24, 2.45) is 0 Å². The first-order valence-corrected chi connectivity index (χ1v) is 23.7. The molecule has 0 N–H and O–H groups in total. The summed E-state index contributed by atoms with van der Waals surface area (Å²) in [4.78, 5) is 2.44. The maximum atomic E-state index is 2.47. The third-order valence-electron chi connectivity index (χ3n) is 14.0. The van der Waals surface area contributed by atoms with Gasteiger partial charge in [0.1, 0.15) is 0 Å². The molecule has 0 unspecified atom stereocenters. The first-order chi connectivity index (χ1) is 33.7. The van der Waals surface area contributed by atoms with Crippen molar-refractivity contribution in [2.45, 2.75) is 12.8 Å². The van der Waals surface area contributed by atoms with Crippen molar-refractivity contribution < 1.29 is 0 Å². The largest absolute Gasteiger partial charge is 0.310 e. The minimum absolute atomic E-state index is 1.08. The van der Waals surface area contributed by atoms with Crippen molar-refractivity contribution in [2.75, 3.05) is 4.90 Å². The van der Waals surface area contributed by atoms with E-state index in [0.717, 1.165) is 41.2 Å². The average molecular weight is 867 g/mol. The number of para-hydroxylation sites is 1. The highest BCUT2D eigenvalue weighted by molar-refractivity contribution is 6.18. The second kappa shape index (κ2) is 16.6. The number of rotatable bonds is 8. The number of aromatic nitrogens is 1. The molecule has 0 fully saturated rings. The Balaban J connectivity index is 0.988. The Labute approximate surface area is 397 Å². The maximum Gasteiger partial charge on any atom is 0.0619 e. The van der Waals surface area contributed by atoms with Gasteiger partial charge in [-0.2, -0.15) is 0 Å². The molecule has 0 amide bonds. The molecule has 1 aliphatic rings. The third-order valence-corrected chi connectivity index (χ3v) is 14.0. The lowest BCUT2D eigenvalue weighted by Gasteiger charge is -2.28. The summed E-state index contributed by atoms with van der Waals surface area (Å²) in [5.74, 6) is 0. The minimum atomic E-state index is 1.08. The Hall–Kier alpha value is -8.72. The summed E-state index contributed by atoms with van der Waals surface area (Å²) in [6, 6.07) is 89.4. The molecule has 0 aliphatic heterocycles. The molecule has 2 nitrogen and oxygen atoms in total. The zero-order chi connectivity index (χ0) is 45.0. The highest BCUT2D eigenvalue weighted by Crippen LogP contribution is 2.45. The summed E-state index contributed by atoms with van der Waals surface area (Å²) in [5, 5.41) is 7.43. The molecule has 0 atom stereocenters. The lowest BCUT2D eigenvalue weighted by Crippen LogP contribution is -2.11. The van der Waals surface area contributed by atoms with E-state index < -0.39 is 0 Å². The Kier molecular flexibility index (Phi) is 9.68. The fourth-order valence-corrected chi connectivity index (χ4v) is 10.8. The number of allylic oxidation sites excluding steroid dienone is 1. The van der Waals surface area contributed by atoms with Gasteiger partial charge >= 0.3 is 0 Å². The van der Waals surface area contributed by atoms with Crippen LogP contribution in [0.25, 0.3) is 99.6 Å². The van der Waals surface area contributed by atoms with Gasteiger partial charge in [0.05, 0.1) is 16.7 Å². The van der Waals surface area contributed by atoms with Crippen molar-refractivity contribution in [1.29, 1.82) is 0 Å². The van der Waals surface area contributed by atoms with E-state index in [1.165, 1.54) is 93.4 Å². The molecule has 68 heavy (non-hydrogen) atoms. The van der Waals surface area contributed by atoms with Gasteiger partial charge in [-0.05, 0) is 128 Å².